The number of aliphatic carboxylic acids is 1. The lowest BCUT2D eigenvalue weighted by Gasteiger charge is -1.95. The lowest BCUT2D eigenvalue weighted by molar-refractivity contribution is -0.131. The molecular weight excluding hydrogens is 190 g/mol. The molecular formula is C7H9N3O2S. The highest BCUT2D eigenvalue weighted by molar-refractivity contribution is 8.02. The number of hydrogen-bond acceptors (Lipinski definition) is 4. The van der Waals surface area contributed by atoms with Crippen LogP contribution in [0.15, 0.2) is 16.6 Å². The summed E-state index contributed by atoms with van der Waals surface area (Å²) < 4.78 is 1.79. The predicted octanol–water partition coefficient (Wildman–Crippen LogP) is 0.814. The summed E-state index contributed by atoms with van der Waals surface area (Å²) in [5, 5.41) is 18.1. The highest BCUT2D eigenvalue weighted by Crippen LogP contribution is 2.15. The minimum Gasteiger partial charge on any atom is -0.478 e. The van der Waals surface area contributed by atoms with Crippen molar-refractivity contribution in [3.63, 3.8) is 0 Å². The largest absolute Gasteiger partial charge is 0.478 e. The fourth-order valence-corrected chi connectivity index (χ4v) is 1.33. The Labute approximate surface area is 79.5 Å². The predicted molar refractivity (Wildman–Crippen MR) is 48.4 cm³/mol. The van der Waals surface area contributed by atoms with Crippen LogP contribution in [0.2, 0.25) is 0 Å². The van der Waals surface area contributed by atoms with Crippen molar-refractivity contribution in [1.82, 2.24) is 14.8 Å². The molecule has 1 heterocycles. The van der Waals surface area contributed by atoms with Gasteiger partial charge in [-0.2, -0.15) is 0 Å². The zero-order valence-corrected chi connectivity index (χ0v) is 8.08. The van der Waals surface area contributed by atoms with Gasteiger partial charge in [-0.05, 0) is 12.3 Å². The summed E-state index contributed by atoms with van der Waals surface area (Å²) in [7, 11) is 1.83. The van der Waals surface area contributed by atoms with Crippen molar-refractivity contribution < 1.29 is 9.90 Å². The monoisotopic (exact) mass is 199 g/mol. The van der Waals surface area contributed by atoms with Crippen molar-refractivity contribution in [2.75, 3.05) is 0 Å². The third-order valence-electron chi connectivity index (χ3n) is 1.44. The highest BCUT2D eigenvalue weighted by Gasteiger charge is 2.02. The van der Waals surface area contributed by atoms with Crippen LogP contribution in [0.5, 0.6) is 0 Å². The van der Waals surface area contributed by atoms with Gasteiger partial charge in [0.05, 0.1) is 0 Å². The van der Waals surface area contributed by atoms with E-state index in [9.17, 15) is 4.79 Å². The highest BCUT2D eigenvalue weighted by atomic mass is 32.2. The Morgan fingerprint density at radius 1 is 1.62 bits per heavy atom. The standard InChI is InChI=1S/C7H9N3O2S/c1-5-8-9-7(10(5)2)13-4-3-6(11)12/h3-4H,1-2H3,(H,11,12). The number of carboxylic acid groups (broad SMARTS) is 1. The number of hydrogen-bond donors (Lipinski definition) is 1. The Hall–Kier alpha value is -1.30. The first-order chi connectivity index (χ1) is 6.11. The molecule has 0 spiro atoms. The van der Waals surface area contributed by atoms with E-state index >= 15 is 0 Å². The Balaban J connectivity index is 2.65. The van der Waals surface area contributed by atoms with Gasteiger partial charge in [-0.25, -0.2) is 4.79 Å². The molecule has 5 nitrogen and oxygen atoms in total. The molecule has 0 aromatic carbocycles. The van der Waals surface area contributed by atoms with Crippen LogP contribution in [0.4, 0.5) is 0 Å². The molecule has 0 amide bonds. The van der Waals surface area contributed by atoms with Gasteiger partial charge in [0, 0.05) is 13.1 Å². The quantitative estimate of drug-likeness (QED) is 0.576. The molecule has 0 atom stereocenters. The summed E-state index contributed by atoms with van der Waals surface area (Å²) in [6.07, 6.45) is 1.06. The van der Waals surface area contributed by atoms with Crippen molar-refractivity contribution in [3.05, 3.63) is 17.3 Å². The van der Waals surface area contributed by atoms with Gasteiger partial charge in [0.25, 0.3) is 0 Å². The van der Waals surface area contributed by atoms with E-state index in [-0.39, 0.29) is 0 Å². The zero-order valence-electron chi connectivity index (χ0n) is 7.26. The van der Waals surface area contributed by atoms with Crippen LogP contribution in [0.3, 0.4) is 0 Å². The van der Waals surface area contributed by atoms with E-state index in [0.29, 0.717) is 5.16 Å². The van der Waals surface area contributed by atoms with Crippen LogP contribution in [0.25, 0.3) is 0 Å². The normalized spacial score (nSPS) is 10.9. The minimum absolute atomic E-state index is 0.676. The second-order valence-electron chi connectivity index (χ2n) is 2.35. The van der Waals surface area contributed by atoms with Crippen LogP contribution >= 0.6 is 11.8 Å². The lowest BCUT2D eigenvalue weighted by atomic mass is 10.7. The molecule has 13 heavy (non-hydrogen) atoms. The van der Waals surface area contributed by atoms with E-state index < -0.39 is 5.97 Å². The number of thioether (sulfide) groups is 1. The molecule has 1 N–H and O–H groups in total. The van der Waals surface area contributed by atoms with Gasteiger partial charge in [-0.3, -0.25) is 0 Å². The second-order valence-corrected chi connectivity index (χ2v) is 3.22. The zero-order chi connectivity index (χ0) is 9.84. The van der Waals surface area contributed by atoms with Crippen LogP contribution in [0.1, 0.15) is 5.82 Å². The maximum absolute atomic E-state index is 10.1. The summed E-state index contributed by atoms with van der Waals surface area (Å²) in [6, 6.07) is 0. The molecule has 1 aromatic rings. The summed E-state index contributed by atoms with van der Waals surface area (Å²) in [5.41, 5.74) is 0. The smallest absolute Gasteiger partial charge is 0.328 e. The molecule has 0 saturated carbocycles. The molecule has 0 aliphatic rings. The van der Waals surface area contributed by atoms with Crippen LogP contribution in [0, 0.1) is 6.92 Å². The molecule has 1 rings (SSSR count). The van der Waals surface area contributed by atoms with E-state index in [1.807, 2.05) is 14.0 Å². The van der Waals surface area contributed by atoms with Crippen molar-refractivity contribution in [2.45, 2.75) is 12.1 Å². The van der Waals surface area contributed by atoms with E-state index in [4.69, 9.17) is 5.11 Å². The molecule has 0 aliphatic carbocycles. The molecule has 0 radical (unpaired) electrons. The van der Waals surface area contributed by atoms with Crippen molar-refractivity contribution >= 4 is 17.7 Å². The van der Waals surface area contributed by atoms with Crippen molar-refractivity contribution in [1.29, 1.82) is 0 Å². The van der Waals surface area contributed by atoms with E-state index in [0.717, 1.165) is 11.9 Å². The van der Waals surface area contributed by atoms with Gasteiger partial charge in [-0.1, -0.05) is 11.8 Å². The van der Waals surface area contributed by atoms with Gasteiger partial charge in [0.15, 0.2) is 5.16 Å². The van der Waals surface area contributed by atoms with Crippen molar-refractivity contribution in [2.24, 2.45) is 7.05 Å². The first-order valence-corrected chi connectivity index (χ1v) is 4.41. The molecule has 70 valence electrons. The summed E-state index contributed by atoms with van der Waals surface area (Å²) in [4.78, 5) is 10.1. The Bertz CT molecular complexity index is 346. The third kappa shape index (κ3) is 2.59. The summed E-state index contributed by atoms with van der Waals surface area (Å²) >= 11 is 1.22. The first-order valence-electron chi connectivity index (χ1n) is 3.53. The molecule has 0 aliphatic heterocycles. The van der Waals surface area contributed by atoms with Gasteiger partial charge >= 0.3 is 5.97 Å². The maximum atomic E-state index is 10.1. The SMILES string of the molecule is Cc1nnc(SC=CC(=O)O)n1C. The Kier molecular flexibility index (Phi) is 3.07. The second kappa shape index (κ2) is 4.08. The molecule has 6 heteroatoms. The molecule has 0 saturated heterocycles. The Morgan fingerprint density at radius 3 is 2.77 bits per heavy atom. The lowest BCUT2D eigenvalue weighted by Crippen LogP contribution is -1.92. The van der Waals surface area contributed by atoms with Crippen LogP contribution < -0.4 is 0 Å². The van der Waals surface area contributed by atoms with Gasteiger partial charge in [-0.15, -0.1) is 10.2 Å². The Morgan fingerprint density at radius 2 is 2.31 bits per heavy atom. The number of aryl methyl sites for hydroxylation is 1. The van der Waals surface area contributed by atoms with Crippen molar-refractivity contribution in [3.8, 4) is 0 Å². The molecule has 0 unspecified atom stereocenters. The summed E-state index contributed by atoms with van der Waals surface area (Å²) in [6.45, 7) is 1.83. The number of nitrogens with zero attached hydrogens (tertiary/aromatic N) is 3. The number of rotatable bonds is 3. The summed E-state index contributed by atoms with van der Waals surface area (Å²) in [5.74, 6) is -0.169. The van der Waals surface area contributed by atoms with E-state index in [1.165, 1.54) is 17.2 Å². The average Bonchev–Trinajstić information content (AvgIpc) is 2.35. The van der Waals surface area contributed by atoms with E-state index in [2.05, 4.69) is 10.2 Å². The first kappa shape index (κ1) is 9.79. The average molecular weight is 199 g/mol. The fraction of sp³-hybridized carbons (Fsp3) is 0.286. The van der Waals surface area contributed by atoms with Crippen LogP contribution in [-0.4, -0.2) is 25.8 Å². The third-order valence-corrected chi connectivity index (χ3v) is 2.28. The van der Waals surface area contributed by atoms with Crippen LogP contribution in [-0.2, 0) is 11.8 Å². The number of aromatic nitrogens is 3. The van der Waals surface area contributed by atoms with Gasteiger partial charge in [0.2, 0.25) is 0 Å². The maximum Gasteiger partial charge on any atom is 0.328 e. The van der Waals surface area contributed by atoms with E-state index in [1.54, 1.807) is 4.57 Å². The number of carboxylic acids is 1. The number of carbonyl (C=O) groups is 1. The molecule has 0 bridgehead atoms. The minimum atomic E-state index is -0.966. The fourth-order valence-electron chi connectivity index (χ4n) is 0.643. The molecule has 1 aromatic heterocycles. The topological polar surface area (TPSA) is 68.0 Å². The van der Waals surface area contributed by atoms with Gasteiger partial charge < -0.3 is 9.67 Å². The van der Waals surface area contributed by atoms with Gasteiger partial charge in [0.1, 0.15) is 5.82 Å². The molecule has 0 fully saturated rings.